The van der Waals surface area contributed by atoms with Crippen molar-refractivity contribution in [1.82, 2.24) is 0 Å². The Morgan fingerprint density at radius 2 is 2.08 bits per heavy atom. The zero-order chi connectivity index (χ0) is 9.64. The number of rotatable bonds is 0. The molecule has 2 saturated carbocycles. The summed E-state index contributed by atoms with van der Waals surface area (Å²) in [6, 6.07) is 0. The van der Waals surface area contributed by atoms with Gasteiger partial charge >= 0.3 is 0 Å². The predicted molar refractivity (Wildman–Crippen MR) is 53.4 cm³/mol. The van der Waals surface area contributed by atoms with Gasteiger partial charge in [0, 0.05) is 12.3 Å². The third-order valence-corrected chi connectivity index (χ3v) is 4.22. The Balaban J connectivity index is 2.27. The average molecular weight is 180 g/mol. The van der Waals surface area contributed by atoms with E-state index in [0.717, 1.165) is 12.8 Å². The third-order valence-electron chi connectivity index (χ3n) is 4.22. The molecule has 1 heteroatoms. The minimum atomic E-state index is 0.411. The van der Waals surface area contributed by atoms with E-state index < -0.39 is 0 Å². The molecule has 0 amide bonds. The monoisotopic (exact) mass is 180 g/mol. The first-order valence-corrected chi connectivity index (χ1v) is 5.55. The van der Waals surface area contributed by atoms with E-state index >= 15 is 0 Å². The van der Waals surface area contributed by atoms with Crippen LogP contribution in [0.4, 0.5) is 0 Å². The van der Waals surface area contributed by atoms with Crippen LogP contribution in [0.25, 0.3) is 0 Å². The lowest BCUT2D eigenvalue weighted by Crippen LogP contribution is -2.36. The van der Waals surface area contributed by atoms with Crippen molar-refractivity contribution in [3.05, 3.63) is 0 Å². The van der Waals surface area contributed by atoms with Crippen molar-refractivity contribution in [3.8, 4) is 0 Å². The van der Waals surface area contributed by atoms with Crippen molar-refractivity contribution in [1.29, 1.82) is 0 Å². The summed E-state index contributed by atoms with van der Waals surface area (Å²) in [6.07, 6.45) is 4.58. The van der Waals surface area contributed by atoms with Crippen LogP contribution in [0.3, 0.4) is 0 Å². The summed E-state index contributed by atoms with van der Waals surface area (Å²) in [6.45, 7) is 6.95. The van der Waals surface area contributed by atoms with Gasteiger partial charge in [0.15, 0.2) is 0 Å². The van der Waals surface area contributed by atoms with E-state index in [4.69, 9.17) is 0 Å². The van der Waals surface area contributed by atoms with Gasteiger partial charge in [-0.15, -0.1) is 0 Å². The molecule has 2 aliphatic rings. The van der Waals surface area contributed by atoms with Crippen LogP contribution in [0.1, 0.15) is 46.5 Å². The molecule has 0 spiro atoms. The molecule has 0 heterocycles. The van der Waals surface area contributed by atoms with Crippen LogP contribution >= 0.6 is 0 Å². The SMILES string of the molecule is C[C@H]1CC(=O)[C@@H]2CCCC(C)(C)[C@H]12. The molecule has 0 aromatic rings. The fourth-order valence-electron chi connectivity index (χ4n) is 3.79. The molecule has 1 nitrogen and oxygen atoms in total. The van der Waals surface area contributed by atoms with Crippen molar-refractivity contribution < 1.29 is 4.79 Å². The Labute approximate surface area is 80.9 Å². The molecule has 0 aromatic carbocycles. The van der Waals surface area contributed by atoms with Crippen LogP contribution in [0.15, 0.2) is 0 Å². The summed E-state index contributed by atoms with van der Waals surface area (Å²) in [5.41, 5.74) is 0.411. The minimum Gasteiger partial charge on any atom is -0.299 e. The summed E-state index contributed by atoms with van der Waals surface area (Å²) >= 11 is 0. The Morgan fingerprint density at radius 1 is 1.38 bits per heavy atom. The largest absolute Gasteiger partial charge is 0.299 e. The third kappa shape index (κ3) is 1.33. The molecule has 3 atom stereocenters. The zero-order valence-corrected chi connectivity index (χ0v) is 8.97. The van der Waals surface area contributed by atoms with E-state index in [1.807, 2.05) is 0 Å². The van der Waals surface area contributed by atoms with Crippen LogP contribution < -0.4 is 0 Å². The Bertz CT molecular complexity index is 229. The first kappa shape index (κ1) is 9.23. The predicted octanol–water partition coefficient (Wildman–Crippen LogP) is 3.04. The normalized spacial score (nSPS) is 43.3. The number of carbonyl (C=O) groups excluding carboxylic acids is 1. The average Bonchev–Trinajstić information content (AvgIpc) is 2.27. The summed E-state index contributed by atoms with van der Waals surface area (Å²) in [7, 11) is 0. The second-order valence-corrected chi connectivity index (χ2v) is 5.66. The van der Waals surface area contributed by atoms with Gasteiger partial charge < -0.3 is 0 Å². The molecule has 2 fully saturated rings. The molecular formula is C12H20O. The first-order chi connectivity index (χ1) is 6.02. The molecule has 0 N–H and O–H groups in total. The molecule has 0 unspecified atom stereocenters. The van der Waals surface area contributed by atoms with Crippen LogP contribution in [-0.2, 0) is 4.79 Å². The fourth-order valence-corrected chi connectivity index (χ4v) is 3.79. The van der Waals surface area contributed by atoms with E-state index in [-0.39, 0.29) is 0 Å². The highest BCUT2D eigenvalue weighted by atomic mass is 16.1. The smallest absolute Gasteiger partial charge is 0.136 e. The van der Waals surface area contributed by atoms with Gasteiger partial charge in [-0.25, -0.2) is 0 Å². The van der Waals surface area contributed by atoms with Gasteiger partial charge in [0.1, 0.15) is 5.78 Å². The molecule has 74 valence electrons. The van der Waals surface area contributed by atoms with Crippen LogP contribution in [0, 0.1) is 23.2 Å². The number of carbonyl (C=O) groups is 1. The van der Waals surface area contributed by atoms with Crippen molar-refractivity contribution in [3.63, 3.8) is 0 Å². The van der Waals surface area contributed by atoms with E-state index in [9.17, 15) is 4.79 Å². The number of hydrogen-bond donors (Lipinski definition) is 0. The lowest BCUT2D eigenvalue weighted by molar-refractivity contribution is -0.123. The van der Waals surface area contributed by atoms with Gasteiger partial charge in [-0.2, -0.15) is 0 Å². The van der Waals surface area contributed by atoms with Crippen molar-refractivity contribution in [2.45, 2.75) is 46.5 Å². The Kier molecular flexibility index (Phi) is 2.01. The maximum Gasteiger partial charge on any atom is 0.136 e. The van der Waals surface area contributed by atoms with E-state index in [1.165, 1.54) is 12.8 Å². The van der Waals surface area contributed by atoms with Crippen molar-refractivity contribution in [2.75, 3.05) is 0 Å². The van der Waals surface area contributed by atoms with Gasteiger partial charge in [-0.1, -0.05) is 27.2 Å². The number of hydrogen-bond acceptors (Lipinski definition) is 1. The second-order valence-electron chi connectivity index (χ2n) is 5.66. The summed E-state index contributed by atoms with van der Waals surface area (Å²) < 4.78 is 0. The van der Waals surface area contributed by atoms with E-state index in [0.29, 0.717) is 29.0 Å². The maximum atomic E-state index is 11.7. The molecule has 2 aliphatic carbocycles. The second kappa shape index (κ2) is 2.83. The first-order valence-electron chi connectivity index (χ1n) is 5.55. The zero-order valence-electron chi connectivity index (χ0n) is 8.97. The number of ketones is 1. The van der Waals surface area contributed by atoms with Gasteiger partial charge in [-0.05, 0) is 30.1 Å². The highest BCUT2D eigenvalue weighted by Gasteiger charge is 2.49. The molecule has 2 rings (SSSR count). The lowest BCUT2D eigenvalue weighted by Gasteiger charge is -2.42. The maximum absolute atomic E-state index is 11.7. The van der Waals surface area contributed by atoms with Gasteiger partial charge in [-0.3, -0.25) is 4.79 Å². The highest BCUT2D eigenvalue weighted by molar-refractivity contribution is 5.84. The van der Waals surface area contributed by atoms with Crippen LogP contribution in [0.5, 0.6) is 0 Å². The standard InChI is InChI=1S/C12H20O/c1-8-7-10(13)9-5-4-6-12(2,3)11(8)9/h8-9,11H,4-7H2,1-3H3/t8-,9-,11+/m0/s1. The topological polar surface area (TPSA) is 17.1 Å². The molecule has 0 radical (unpaired) electrons. The summed E-state index contributed by atoms with van der Waals surface area (Å²) in [5.74, 6) is 2.27. The Morgan fingerprint density at radius 3 is 2.69 bits per heavy atom. The highest BCUT2D eigenvalue weighted by Crippen LogP contribution is 2.52. The molecule has 0 aromatic heterocycles. The van der Waals surface area contributed by atoms with Gasteiger partial charge in [0.2, 0.25) is 0 Å². The van der Waals surface area contributed by atoms with Crippen LogP contribution in [0.2, 0.25) is 0 Å². The Hall–Kier alpha value is -0.330. The van der Waals surface area contributed by atoms with E-state index in [1.54, 1.807) is 0 Å². The van der Waals surface area contributed by atoms with E-state index in [2.05, 4.69) is 20.8 Å². The minimum absolute atomic E-state index is 0.411. The lowest BCUT2D eigenvalue weighted by atomic mass is 9.63. The number of fused-ring (bicyclic) bond motifs is 1. The summed E-state index contributed by atoms with van der Waals surface area (Å²) in [5, 5.41) is 0. The molecule has 0 aliphatic heterocycles. The van der Waals surface area contributed by atoms with Crippen molar-refractivity contribution in [2.24, 2.45) is 23.2 Å². The number of Topliss-reactive ketones (excluding diaryl/α,β-unsaturated/α-hetero) is 1. The molecule has 0 bridgehead atoms. The van der Waals surface area contributed by atoms with Gasteiger partial charge in [0.25, 0.3) is 0 Å². The summed E-state index contributed by atoms with van der Waals surface area (Å²) in [4.78, 5) is 11.7. The fraction of sp³-hybridized carbons (Fsp3) is 0.917. The molecule has 0 saturated heterocycles. The van der Waals surface area contributed by atoms with Gasteiger partial charge in [0.05, 0.1) is 0 Å². The molecular weight excluding hydrogens is 160 g/mol. The molecule has 13 heavy (non-hydrogen) atoms. The van der Waals surface area contributed by atoms with Crippen LogP contribution in [-0.4, -0.2) is 5.78 Å². The van der Waals surface area contributed by atoms with Crippen molar-refractivity contribution >= 4 is 5.78 Å². The quantitative estimate of drug-likeness (QED) is 0.560.